The topological polar surface area (TPSA) is 303 Å². The van der Waals surface area contributed by atoms with Crippen molar-refractivity contribution in [2.75, 3.05) is 34.5 Å². The third-order valence-electron chi connectivity index (χ3n) is 9.57. The predicted molar refractivity (Wildman–Crippen MR) is 198 cm³/mol. The summed E-state index contributed by atoms with van der Waals surface area (Å²) >= 11 is 0. The van der Waals surface area contributed by atoms with E-state index < -0.39 is 91.8 Å². The molecule has 0 amide bonds. The molecule has 1 aliphatic carbocycles. The van der Waals surface area contributed by atoms with Crippen molar-refractivity contribution in [2.45, 2.75) is 61.4 Å². The molecule has 6 unspecified atom stereocenters. The SMILES string of the molecule is COc1cc(-c2oc3cc(=O)cc(O)c-3cc2O[C@@H]2OC(CO[C@@H]3OC(CO)[C@@H](O)C(O)C3O)[C@@H](OC(=O)C=Cc3cc(OC)c(O)c(OC)c3)C(O)C2O)ccc1O. The Labute approximate surface area is 334 Å². The second-order valence-electron chi connectivity index (χ2n) is 13.4. The summed E-state index contributed by atoms with van der Waals surface area (Å²) in [6.45, 7) is -1.48. The fourth-order valence-corrected chi connectivity index (χ4v) is 6.43. The maximum Gasteiger partial charge on any atom is 0.331 e. The molecule has 6 rings (SSSR count). The number of hydrogen-bond donors (Lipinski definition) is 9. The van der Waals surface area contributed by atoms with Crippen LogP contribution in [0.25, 0.3) is 28.7 Å². The molecule has 0 bridgehead atoms. The third kappa shape index (κ3) is 9.00. The van der Waals surface area contributed by atoms with Gasteiger partial charge >= 0.3 is 5.97 Å². The van der Waals surface area contributed by atoms with Gasteiger partial charge in [-0.2, -0.15) is 0 Å². The molecular formula is C39H42O20. The third-order valence-corrected chi connectivity index (χ3v) is 9.57. The van der Waals surface area contributed by atoms with Gasteiger partial charge in [0, 0.05) is 23.8 Å². The second kappa shape index (κ2) is 18.1. The number of rotatable bonds is 13. The van der Waals surface area contributed by atoms with Crippen LogP contribution in [0.15, 0.2) is 63.8 Å². The first-order chi connectivity index (χ1) is 28.2. The highest BCUT2D eigenvalue weighted by Gasteiger charge is 2.50. The van der Waals surface area contributed by atoms with Gasteiger partial charge < -0.3 is 88.3 Å². The molecule has 2 aromatic carbocycles. The van der Waals surface area contributed by atoms with Crippen molar-refractivity contribution in [3.05, 3.63) is 70.4 Å². The summed E-state index contributed by atoms with van der Waals surface area (Å²) in [5.41, 5.74) is -0.0608. The van der Waals surface area contributed by atoms with Gasteiger partial charge in [0.1, 0.15) is 54.2 Å². The van der Waals surface area contributed by atoms with Crippen molar-refractivity contribution >= 4 is 12.0 Å². The molecule has 318 valence electrons. The zero-order chi connectivity index (χ0) is 42.7. The van der Waals surface area contributed by atoms with Crippen molar-refractivity contribution in [1.82, 2.24) is 0 Å². The van der Waals surface area contributed by atoms with E-state index in [0.29, 0.717) is 5.56 Å². The van der Waals surface area contributed by atoms with E-state index in [2.05, 4.69) is 0 Å². The van der Waals surface area contributed by atoms with Crippen LogP contribution in [0.5, 0.6) is 40.2 Å². The number of aliphatic hydroxyl groups excluding tert-OH is 6. The van der Waals surface area contributed by atoms with Crippen molar-refractivity contribution < 1.29 is 93.1 Å². The summed E-state index contributed by atoms with van der Waals surface area (Å²) in [6, 6.07) is 10.1. The van der Waals surface area contributed by atoms with Crippen LogP contribution < -0.4 is 24.4 Å². The number of aromatic hydroxyl groups is 3. The normalized spacial score (nSPS) is 27.1. The van der Waals surface area contributed by atoms with Crippen LogP contribution >= 0.6 is 0 Å². The number of carbonyl (C=O) groups excluding carboxylic acids is 1. The number of methoxy groups -OCH3 is 3. The van der Waals surface area contributed by atoms with Crippen molar-refractivity contribution in [3.63, 3.8) is 0 Å². The zero-order valence-electron chi connectivity index (χ0n) is 31.5. The Bertz CT molecular complexity index is 2140. The van der Waals surface area contributed by atoms with Crippen molar-refractivity contribution in [2.24, 2.45) is 0 Å². The number of carbonyl (C=O) groups is 1. The molecule has 3 heterocycles. The lowest BCUT2D eigenvalue weighted by molar-refractivity contribution is -0.323. The number of ether oxygens (including phenoxy) is 8. The van der Waals surface area contributed by atoms with Gasteiger partial charge in [-0.25, -0.2) is 4.79 Å². The highest BCUT2D eigenvalue weighted by atomic mass is 16.7. The summed E-state index contributed by atoms with van der Waals surface area (Å²) in [6.07, 6.45) is -15.3. The largest absolute Gasteiger partial charge is 0.507 e. The van der Waals surface area contributed by atoms with E-state index in [1.807, 2.05) is 0 Å². The number of phenols is 3. The summed E-state index contributed by atoms with van der Waals surface area (Å²) in [4.78, 5) is 25.5. The molecule has 59 heavy (non-hydrogen) atoms. The van der Waals surface area contributed by atoms with Gasteiger partial charge in [0.2, 0.25) is 12.0 Å². The van der Waals surface area contributed by atoms with Crippen LogP contribution in [-0.2, 0) is 23.7 Å². The first kappa shape index (κ1) is 42.9. The average molecular weight is 831 g/mol. The van der Waals surface area contributed by atoms with E-state index in [4.69, 9.17) is 42.3 Å². The number of phenolic OH excluding ortho intramolecular Hbond substituents is 3. The molecule has 9 N–H and O–H groups in total. The number of aliphatic hydroxyl groups is 6. The minimum absolute atomic E-state index is 0.00935. The van der Waals surface area contributed by atoms with E-state index in [9.17, 15) is 55.5 Å². The molecular weight excluding hydrogens is 788 g/mol. The highest BCUT2D eigenvalue weighted by molar-refractivity contribution is 5.87. The van der Waals surface area contributed by atoms with Crippen LogP contribution in [0.2, 0.25) is 0 Å². The molecule has 10 atom stereocenters. The van der Waals surface area contributed by atoms with Gasteiger partial charge in [-0.1, -0.05) is 0 Å². The zero-order valence-corrected chi connectivity index (χ0v) is 31.5. The lowest BCUT2D eigenvalue weighted by Crippen LogP contribution is -2.63. The van der Waals surface area contributed by atoms with E-state index in [1.165, 1.54) is 63.8 Å². The summed E-state index contributed by atoms with van der Waals surface area (Å²) in [5.74, 6) is -2.43. The monoisotopic (exact) mass is 830 g/mol. The van der Waals surface area contributed by atoms with Crippen LogP contribution in [0.4, 0.5) is 0 Å². The maximum atomic E-state index is 13.2. The van der Waals surface area contributed by atoms with Crippen molar-refractivity contribution in [1.29, 1.82) is 0 Å². The Morgan fingerprint density at radius 3 is 2.05 bits per heavy atom. The number of benzene rings is 3. The predicted octanol–water partition coefficient (Wildman–Crippen LogP) is -0.179. The molecule has 0 aromatic heterocycles. The second-order valence-corrected chi connectivity index (χ2v) is 13.4. The Kier molecular flexibility index (Phi) is 13.1. The minimum atomic E-state index is -2.00. The van der Waals surface area contributed by atoms with Crippen LogP contribution in [0, 0.1) is 0 Å². The van der Waals surface area contributed by atoms with E-state index in [0.717, 1.165) is 18.2 Å². The van der Waals surface area contributed by atoms with Gasteiger partial charge in [-0.3, -0.25) is 4.79 Å². The first-order valence-electron chi connectivity index (χ1n) is 17.8. The van der Waals surface area contributed by atoms with Gasteiger partial charge in [0.25, 0.3) is 0 Å². The smallest absolute Gasteiger partial charge is 0.331 e. The highest BCUT2D eigenvalue weighted by Crippen LogP contribution is 2.44. The lowest BCUT2D eigenvalue weighted by Gasteiger charge is -2.43. The van der Waals surface area contributed by atoms with Crippen LogP contribution in [-0.4, -0.2) is 148 Å². The summed E-state index contributed by atoms with van der Waals surface area (Å²) in [5, 5.41) is 94.7. The van der Waals surface area contributed by atoms with E-state index in [-0.39, 0.29) is 57.1 Å². The molecule has 2 saturated heterocycles. The van der Waals surface area contributed by atoms with E-state index >= 15 is 0 Å². The maximum absolute atomic E-state index is 13.2. The average Bonchev–Trinajstić information content (AvgIpc) is 3.22. The number of hydrogen-bond acceptors (Lipinski definition) is 20. The Morgan fingerprint density at radius 1 is 0.729 bits per heavy atom. The molecule has 2 fully saturated rings. The lowest BCUT2D eigenvalue weighted by atomic mass is 9.98. The number of esters is 1. The van der Waals surface area contributed by atoms with Gasteiger partial charge in [-0.05, 0) is 48.0 Å². The summed E-state index contributed by atoms with van der Waals surface area (Å²) < 4.78 is 50.2. The van der Waals surface area contributed by atoms with Gasteiger partial charge in [0.05, 0.1) is 40.1 Å². The first-order valence-corrected chi connectivity index (χ1v) is 17.8. The Hall–Kier alpha value is -5.68. The standard InChI is InChI=1S/C39H42O20/c1-51-23-10-17(5-6-20(23)42)36-26(13-19-21(43)11-18(41)12-22(19)55-36)56-39-35(50)33(48)37(28(58-39)15-54-38-34(49)32(47)31(46)27(14-40)57-38)59-29(44)7-4-16-8-24(52-2)30(45)25(9-16)53-3/h4-13,27-28,31-35,37-40,42-43,45-50H,14-15H2,1-3H3/t27?,28?,31-,32?,33?,34?,35?,37-,38-,39-/m1/s1. The summed E-state index contributed by atoms with van der Waals surface area (Å²) in [7, 11) is 3.92. The minimum Gasteiger partial charge on any atom is -0.507 e. The number of fused-ring (bicyclic) bond motifs is 1. The molecule has 3 aliphatic heterocycles. The van der Waals surface area contributed by atoms with E-state index in [1.54, 1.807) is 0 Å². The molecule has 20 heteroatoms. The van der Waals surface area contributed by atoms with Gasteiger partial charge in [-0.15, -0.1) is 0 Å². The fraction of sp³-hybridized carbons (Fsp3) is 0.385. The molecule has 20 nitrogen and oxygen atoms in total. The molecule has 4 aliphatic rings. The van der Waals surface area contributed by atoms with Crippen LogP contribution in [0.1, 0.15) is 5.56 Å². The Morgan fingerprint density at radius 2 is 1.39 bits per heavy atom. The van der Waals surface area contributed by atoms with Gasteiger partial charge in [0.15, 0.2) is 52.3 Å². The quantitative estimate of drug-likeness (QED) is 0.0624. The molecule has 0 radical (unpaired) electrons. The molecule has 2 aromatic rings. The van der Waals surface area contributed by atoms with Crippen molar-refractivity contribution in [3.8, 4) is 62.9 Å². The molecule has 0 spiro atoms. The van der Waals surface area contributed by atoms with Crippen LogP contribution in [0.3, 0.4) is 0 Å². The fourth-order valence-electron chi connectivity index (χ4n) is 6.43. The molecule has 0 saturated carbocycles. The Balaban J connectivity index is 1.33.